The van der Waals surface area contributed by atoms with Gasteiger partial charge in [0.05, 0.1) is 28.9 Å². The lowest BCUT2D eigenvalue weighted by atomic mass is 10.1. The number of aliphatic hydroxyl groups is 1. The van der Waals surface area contributed by atoms with Crippen molar-refractivity contribution in [3.8, 4) is 5.75 Å². The number of likely N-dealkylation sites (N-methyl/N-ethyl adjacent to an activating group) is 1. The molecule has 0 radical (unpaired) electrons. The van der Waals surface area contributed by atoms with Crippen molar-refractivity contribution in [3.05, 3.63) is 65.1 Å². The Morgan fingerprint density at radius 2 is 1.85 bits per heavy atom. The van der Waals surface area contributed by atoms with Gasteiger partial charge in [-0.25, -0.2) is 9.37 Å². The molecule has 2 heterocycles. The zero-order valence-electron chi connectivity index (χ0n) is 24.6. The van der Waals surface area contributed by atoms with Crippen LogP contribution >= 0.6 is 0 Å². The first-order valence-corrected chi connectivity index (χ1v) is 16.4. The predicted octanol–water partition coefficient (Wildman–Crippen LogP) is 6.78. The summed E-state index contributed by atoms with van der Waals surface area (Å²) >= 11 is 0. The summed E-state index contributed by atoms with van der Waals surface area (Å²) < 4.78 is 21.7. The minimum atomic E-state index is -2.16. The van der Waals surface area contributed by atoms with E-state index >= 15 is 4.39 Å². The Morgan fingerprint density at radius 3 is 2.52 bits per heavy atom. The zero-order valence-corrected chi connectivity index (χ0v) is 25.6. The van der Waals surface area contributed by atoms with Gasteiger partial charge in [-0.2, -0.15) is 0 Å². The number of aryl methyl sites for hydroxylation is 1. The number of aliphatic hydroxyl groups excluding tert-OH is 1. The van der Waals surface area contributed by atoms with Crippen molar-refractivity contribution in [2.45, 2.75) is 65.4 Å². The van der Waals surface area contributed by atoms with E-state index in [1.165, 1.54) is 6.07 Å². The molecule has 0 spiro atoms. The number of hydrogen-bond donors (Lipinski definition) is 4. The van der Waals surface area contributed by atoms with E-state index in [1.54, 1.807) is 25.3 Å². The van der Waals surface area contributed by atoms with E-state index in [0.29, 0.717) is 47.3 Å². The van der Waals surface area contributed by atoms with Gasteiger partial charge in [-0.3, -0.25) is 9.69 Å². The monoisotopic (exact) mass is 565 g/mol. The standard InChI is InChI=1S/C30H40FN5O3Si/c1-18-13-21(31)24(15-26(18)39-40(7,8)30(3,4)5)33-23-11-12-32-28-27(23)29(38)35-25-14-20(9-10-22(25)34-28)17-36(6)16-19(2)37/h9-15,19,37H,16-17H2,1-8H3,(H,35,38)(H2,32,33,34)/t19-/m0/s1. The van der Waals surface area contributed by atoms with Crippen molar-refractivity contribution in [2.75, 3.05) is 29.5 Å². The Hall–Kier alpha value is -3.47. The van der Waals surface area contributed by atoms with Crippen LogP contribution in [0.25, 0.3) is 0 Å². The molecule has 8 nitrogen and oxygen atoms in total. The minimum Gasteiger partial charge on any atom is -0.543 e. The molecule has 1 aliphatic heterocycles. The number of rotatable bonds is 8. The Labute approximate surface area is 237 Å². The van der Waals surface area contributed by atoms with Crippen molar-refractivity contribution in [3.63, 3.8) is 0 Å². The number of halogens is 1. The average molecular weight is 566 g/mol. The van der Waals surface area contributed by atoms with Gasteiger partial charge in [0, 0.05) is 25.4 Å². The second-order valence-corrected chi connectivity index (χ2v) is 16.9. The van der Waals surface area contributed by atoms with E-state index in [4.69, 9.17) is 4.43 Å². The summed E-state index contributed by atoms with van der Waals surface area (Å²) in [6, 6.07) is 10.5. The van der Waals surface area contributed by atoms with Gasteiger partial charge in [0.15, 0.2) is 0 Å². The molecule has 1 amide bonds. The summed E-state index contributed by atoms with van der Waals surface area (Å²) in [5.74, 6) is 0.183. The van der Waals surface area contributed by atoms with Gasteiger partial charge in [0.2, 0.25) is 8.32 Å². The molecule has 3 aromatic rings. The SMILES string of the molecule is Cc1cc(F)c(Nc2ccnc3c2C(=O)Nc2cc(CN(C)C[C@H](C)O)ccc2N3)cc1O[Si](C)(C)C(C)(C)C. The molecule has 4 rings (SSSR count). The number of anilines is 5. The number of aromatic nitrogens is 1. The van der Waals surface area contributed by atoms with Gasteiger partial charge in [0.1, 0.15) is 22.9 Å². The molecule has 0 aliphatic carbocycles. The molecule has 4 N–H and O–H groups in total. The lowest BCUT2D eigenvalue weighted by Crippen LogP contribution is -2.44. The number of carbonyl (C=O) groups excluding carboxylic acids is 1. The maximum atomic E-state index is 15.2. The first-order valence-electron chi connectivity index (χ1n) is 13.5. The molecule has 0 bridgehead atoms. The normalized spacial score (nSPS) is 14.0. The van der Waals surface area contributed by atoms with Gasteiger partial charge >= 0.3 is 0 Å². The number of nitrogens with one attached hydrogen (secondary N) is 3. The van der Waals surface area contributed by atoms with Crippen LogP contribution in [0.15, 0.2) is 42.6 Å². The third kappa shape index (κ3) is 6.46. The van der Waals surface area contributed by atoms with Gasteiger partial charge < -0.3 is 25.5 Å². The molecule has 0 saturated carbocycles. The molecule has 0 fully saturated rings. The molecule has 10 heteroatoms. The van der Waals surface area contributed by atoms with Gasteiger partial charge in [-0.05, 0) is 74.4 Å². The van der Waals surface area contributed by atoms with Crippen LogP contribution in [0.2, 0.25) is 18.1 Å². The number of benzene rings is 2. The van der Waals surface area contributed by atoms with Crippen molar-refractivity contribution >= 4 is 42.8 Å². The fourth-order valence-corrected chi connectivity index (χ4v) is 5.44. The average Bonchev–Trinajstić information content (AvgIpc) is 2.96. The third-order valence-electron chi connectivity index (χ3n) is 7.50. The highest BCUT2D eigenvalue weighted by molar-refractivity contribution is 6.74. The lowest BCUT2D eigenvalue weighted by Gasteiger charge is -2.37. The number of fused-ring (bicyclic) bond motifs is 2. The minimum absolute atomic E-state index is 0.0187. The highest BCUT2D eigenvalue weighted by Gasteiger charge is 2.39. The Morgan fingerprint density at radius 1 is 1.12 bits per heavy atom. The highest BCUT2D eigenvalue weighted by Crippen LogP contribution is 2.40. The van der Waals surface area contributed by atoms with Crippen LogP contribution in [0.3, 0.4) is 0 Å². The van der Waals surface area contributed by atoms with Crippen LogP contribution in [0.4, 0.5) is 33.0 Å². The highest BCUT2D eigenvalue weighted by atomic mass is 28.4. The van der Waals surface area contributed by atoms with Crippen molar-refractivity contribution < 1.29 is 18.7 Å². The van der Waals surface area contributed by atoms with Crippen molar-refractivity contribution in [1.29, 1.82) is 0 Å². The maximum Gasteiger partial charge on any atom is 0.261 e. The van der Waals surface area contributed by atoms with E-state index in [-0.39, 0.29) is 22.2 Å². The first kappa shape index (κ1) is 29.5. The quantitative estimate of drug-likeness (QED) is 0.224. The fourth-order valence-electron chi connectivity index (χ4n) is 4.36. The number of carbonyl (C=O) groups is 1. The first-order chi connectivity index (χ1) is 18.6. The molecular formula is C30H40FN5O3Si. The Bertz CT molecular complexity index is 1420. The summed E-state index contributed by atoms with van der Waals surface area (Å²) in [7, 11) is -0.230. The van der Waals surface area contributed by atoms with Crippen LogP contribution in [0.5, 0.6) is 5.75 Å². The molecule has 1 aliphatic rings. The summed E-state index contributed by atoms with van der Waals surface area (Å²) in [6.45, 7) is 15.5. The fraction of sp³-hybridized carbons (Fsp3) is 0.400. The molecule has 1 aromatic heterocycles. The molecule has 1 atom stereocenters. The van der Waals surface area contributed by atoms with Crippen molar-refractivity contribution in [2.24, 2.45) is 0 Å². The summed E-state index contributed by atoms with van der Waals surface area (Å²) in [5, 5.41) is 19.0. The predicted molar refractivity (Wildman–Crippen MR) is 162 cm³/mol. The lowest BCUT2D eigenvalue weighted by molar-refractivity contribution is 0.102. The number of amides is 1. The van der Waals surface area contributed by atoms with Crippen LogP contribution in [-0.4, -0.2) is 48.9 Å². The topological polar surface area (TPSA) is 98.8 Å². The number of pyridine rings is 1. The zero-order chi connectivity index (χ0) is 29.4. The second-order valence-electron chi connectivity index (χ2n) is 12.2. The second kappa shape index (κ2) is 11.2. The van der Waals surface area contributed by atoms with Crippen LogP contribution in [0, 0.1) is 12.7 Å². The third-order valence-corrected chi connectivity index (χ3v) is 11.8. The van der Waals surface area contributed by atoms with Gasteiger partial charge in [-0.15, -0.1) is 0 Å². The van der Waals surface area contributed by atoms with E-state index in [9.17, 15) is 9.90 Å². The van der Waals surface area contributed by atoms with E-state index < -0.39 is 20.2 Å². The molecular weight excluding hydrogens is 525 g/mol. The van der Waals surface area contributed by atoms with Crippen LogP contribution < -0.4 is 20.4 Å². The summed E-state index contributed by atoms with van der Waals surface area (Å²) in [5.41, 5.74) is 3.92. The smallest absolute Gasteiger partial charge is 0.261 e. The van der Waals surface area contributed by atoms with Crippen LogP contribution in [-0.2, 0) is 6.54 Å². The van der Waals surface area contributed by atoms with Crippen molar-refractivity contribution in [1.82, 2.24) is 9.88 Å². The van der Waals surface area contributed by atoms with Gasteiger partial charge in [0.25, 0.3) is 5.91 Å². The van der Waals surface area contributed by atoms with Crippen LogP contribution in [0.1, 0.15) is 49.2 Å². The van der Waals surface area contributed by atoms with E-state index in [0.717, 1.165) is 5.56 Å². The Balaban J connectivity index is 1.63. The maximum absolute atomic E-state index is 15.2. The molecule has 214 valence electrons. The molecule has 0 unspecified atom stereocenters. The van der Waals surface area contributed by atoms with Gasteiger partial charge in [-0.1, -0.05) is 26.8 Å². The number of nitrogens with zero attached hydrogens (tertiary/aromatic N) is 2. The molecule has 40 heavy (non-hydrogen) atoms. The summed E-state index contributed by atoms with van der Waals surface area (Å²) in [4.78, 5) is 19.9. The molecule has 0 saturated heterocycles. The van der Waals surface area contributed by atoms with E-state index in [1.807, 2.05) is 37.1 Å². The largest absolute Gasteiger partial charge is 0.543 e. The van der Waals surface area contributed by atoms with E-state index in [2.05, 4.69) is 54.8 Å². The Kier molecular flexibility index (Phi) is 8.25. The summed E-state index contributed by atoms with van der Waals surface area (Å²) in [6.07, 6.45) is 1.14. The number of hydrogen-bond acceptors (Lipinski definition) is 7. The molecule has 2 aromatic carbocycles.